The molecule has 0 heterocycles. The summed E-state index contributed by atoms with van der Waals surface area (Å²) in [7, 11) is -4.46. The van der Waals surface area contributed by atoms with Crippen molar-refractivity contribution in [2.24, 2.45) is 0 Å². The van der Waals surface area contributed by atoms with Crippen LogP contribution in [0.3, 0.4) is 0 Å². The van der Waals surface area contributed by atoms with Gasteiger partial charge in [-0.3, -0.25) is 4.57 Å². The zero-order valence-corrected chi connectivity index (χ0v) is 24.2. The molecule has 0 aliphatic carbocycles. The summed E-state index contributed by atoms with van der Waals surface area (Å²) in [4.78, 5) is 33.6. The Bertz CT molecular complexity index is 570. The molecule has 2 unspecified atom stereocenters. The molecule has 0 fully saturated rings. The van der Waals surface area contributed by atoms with Crippen molar-refractivity contribution in [2.45, 2.75) is 26.1 Å². The third-order valence-corrected chi connectivity index (χ3v) is 4.37. The van der Waals surface area contributed by atoms with Crippen molar-refractivity contribution in [3.8, 4) is 0 Å². The molecule has 34 heavy (non-hydrogen) atoms. The topological polar surface area (TPSA) is 148 Å². The van der Waals surface area contributed by atoms with E-state index in [-0.39, 0.29) is 117 Å². The van der Waals surface area contributed by atoms with E-state index >= 15 is 0 Å². The molecule has 0 saturated heterocycles. The molecule has 0 radical (unpaired) electrons. The summed E-state index contributed by atoms with van der Waals surface area (Å²) in [6.45, 7) is 10.8. The van der Waals surface area contributed by atoms with Crippen molar-refractivity contribution in [3.63, 3.8) is 0 Å². The molecular weight excluding hydrogens is 502 g/mol. The molecule has 0 amide bonds. The summed E-state index contributed by atoms with van der Waals surface area (Å²) in [6.07, 6.45) is 1.29. The number of phosphoric acid groups is 1. The summed E-state index contributed by atoms with van der Waals surface area (Å²) < 4.78 is 51.6. The Balaban J connectivity index is 0. The molecular formula is C20H34KO12P. The molecule has 0 aliphatic heterocycles. The second-order valence-electron chi connectivity index (χ2n) is 6.39. The number of carbonyl (C=O) groups excluding carboxylic acids is 2. The summed E-state index contributed by atoms with van der Waals surface area (Å²) in [5.41, 5.74) is 0. The van der Waals surface area contributed by atoms with Crippen molar-refractivity contribution in [1.29, 1.82) is 0 Å². The van der Waals surface area contributed by atoms with Gasteiger partial charge in [-0.15, -0.1) is 0 Å². The molecule has 0 rings (SSSR count). The molecule has 14 heteroatoms. The Morgan fingerprint density at radius 3 is 1.41 bits per heavy atom. The molecule has 12 nitrogen and oxygen atoms in total. The van der Waals surface area contributed by atoms with Crippen LogP contribution in [0.5, 0.6) is 0 Å². The van der Waals surface area contributed by atoms with E-state index in [9.17, 15) is 19.0 Å². The summed E-state index contributed by atoms with van der Waals surface area (Å²) in [6, 6.07) is 0. The molecule has 0 aromatic carbocycles. The van der Waals surface area contributed by atoms with Gasteiger partial charge in [0.1, 0.15) is 12.2 Å². The van der Waals surface area contributed by atoms with Crippen LogP contribution in [0.1, 0.15) is 13.8 Å². The Morgan fingerprint density at radius 2 is 1.06 bits per heavy atom. The van der Waals surface area contributed by atoms with E-state index in [1.54, 1.807) is 13.8 Å². The molecule has 192 valence electrons. The minimum absolute atomic E-state index is 0. The van der Waals surface area contributed by atoms with Gasteiger partial charge in [0.25, 0.3) is 7.82 Å². The first-order chi connectivity index (χ1) is 15.7. The van der Waals surface area contributed by atoms with Crippen LogP contribution in [0.4, 0.5) is 0 Å². The van der Waals surface area contributed by atoms with Crippen LogP contribution < -0.4 is 56.3 Å². The molecule has 0 bridgehead atoms. The van der Waals surface area contributed by atoms with Gasteiger partial charge in [0, 0.05) is 12.2 Å². The minimum atomic E-state index is -4.46. The van der Waals surface area contributed by atoms with Crippen molar-refractivity contribution < 1.29 is 108 Å². The molecule has 0 N–H and O–H groups in total. The van der Waals surface area contributed by atoms with Crippen molar-refractivity contribution >= 4 is 19.8 Å². The van der Waals surface area contributed by atoms with Crippen LogP contribution >= 0.6 is 7.82 Å². The Kier molecular flexibility index (Phi) is 24.9. The Morgan fingerprint density at radius 1 is 0.735 bits per heavy atom. The van der Waals surface area contributed by atoms with Gasteiger partial charge in [-0.05, 0) is 13.8 Å². The van der Waals surface area contributed by atoms with E-state index in [0.717, 1.165) is 12.2 Å². The SMILES string of the molecule is C=CC(=O)OC(C)COCCOCCOP(=O)([O-])OCCOCCOCC(C)OC(=O)C=C.[K+]. The van der Waals surface area contributed by atoms with Crippen molar-refractivity contribution in [3.05, 3.63) is 25.3 Å². The van der Waals surface area contributed by atoms with E-state index in [4.69, 9.17) is 28.4 Å². The third-order valence-electron chi connectivity index (χ3n) is 3.37. The second kappa shape index (κ2) is 23.4. The van der Waals surface area contributed by atoms with Crippen molar-refractivity contribution in [2.75, 3.05) is 66.1 Å². The fourth-order valence-electron chi connectivity index (χ4n) is 1.95. The van der Waals surface area contributed by atoms with Gasteiger partial charge in [-0.25, -0.2) is 9.59 Å². The number of carbonyl (C=O) groups is 2. The third kappa shape index (κ3) is 23.7. The van der Waals surface area contributed by atoms with Gasteiger partial charge < -0.3 is 42.4 Å². The molecule has 2 atom stereocenters. The van der Waals surface area contributed by atoms with Crippen molar-refractivity contribution in [1.82, 2.24) is 0 Å². The largest absolute Gasteiger partial charge is 1.00 e. The van der Waals surface area contributed by atoms with Crippen LogP contribution in [0.25, 0.3) is 0 Å². The summed E-state index contributed by atoms with van der Waals surface area (Å²) in [5.74, 6) is -1.06. The maximum absolute atomic E-state index is 11.6. The van der Waals surface area contributed by atoms with Gasteiger partial charge in [-0.2, -0.15) is 0 Å². The van der Waals surface area contributed by atoms with Crippen LogP contribution in [-0.2, 0) is 51.6 Å². The Labute approximate surface area is 243 Å². The predicted molar refractivity (Wildman–Crippen MR) is 114 cm³/mol. The van der Waals surface area contributed by atoms with Gasteiger partial charge in [0.2, 0.25) is 0 Å². The van der Waals surface area contributed by atoms with Gasteiger partial charge >= 0.3 is 63.3 Å². The van der Waals surface area contributed by atoms with Gasteiger partial charge in [0.15, 0.2) is 0 Å². The number of esters is 2. The first-order valence-corrected chi connectivity index (χ1v) is 11.7. The number of rotatable bonds is 22. The number of hydrogen-bond acceptors (Lipinski definition) is 12. The van der Waals surface area contributed by atoms with E-state index in [1.807, 2.05) is 0 Å². The smallest absolute Gasteiger partial charge is 0.756 e. The van der Waals surface area contributed by atoms with Crippen LogP contribution in [0, 0.1) is 0 Å². The Hall–Kier alpha value is 0.00636. The molecule has 0 aromatic heterocycles. The number of hydrogen-bond donors (Lipinski definition) is 0. The van der Waals surface area contributed by atoms with Gasteiger partial charge in [-0.1, -0.05) is 13.2 Å². The average Bonchev–Trinajstić information content (AvgIpc) is 2.76. The predicted octanol–water partition coefficient (Wildman–Crippen LogP) is -2.21. The normalized spacial score (nSPS) is 14.2. The van der Waals surface area contributed by atoms with E-state index in [2.05, 4.69) is 22.2 Å². The fraction of sp³-hybridized carbons (Fsp3) is 0.700. The van der Waals surface area contributed by atoms with E-state index in [1.165, 1.54) is 0 Å². The maximum atomic E-state index is 11.6. The second-order valence-corrected chi connectivity index (χ2v) is 7.80. The number of phosphoric ester groups is 1. The molecule has 0 aliphatic rings. The quantitative estimate of drug-likeness (QED) is 0.0486. The van der Waals surface area contributed by atoms with Crippen LogP contribution in [0.2, 0.25) is 0 Å². The zero-order valence-electron chi connectivity index (χ0n) is 20.1. The van der Waals surface area contributed by atoms with Crippen LogP contribution in [0.15, 0.2) is 25.3 Å². The first-order valence-electron chi connectivity index (χ1n) is 10.3. The van der Waals surface area contributed by atoms with Gasteiger partial charge in [0.05, 0.1) is 66.1 Å². The maximum Gasteiger partial charge on any atom is 1.00 e. The zero-order chi connectivity index (χ0) is 25.0. The molecule has 0 aromatic rings. The average molecular weight is 537 g/mol. The summed E-state index contributed by atoms with van der Waals surface area (Å²) >= 11 is 0. The molecule has 0 spiro atoms. The fourth-order valence-corrected chi connectivity index (χ4v) is 2.62. The van der Waals surface area contributed by atoms with E-state index < -0.39 is 32.0 Å². The number of ether oxygens (including phenoxy) is 6. The minimum Gasteiger partial charge on any atom is -0.756 e. The molecule has 0 saturated carbocycles. The first kappa shape index (κ1) is 36.2. The summed E-state index contributed by atoms with van der Waals surface area (Å²) in [5, 5.41) is 0. The standard InChI is InChI=1S/C20H35O12P.K/c1-5-19(21)31-17(3)15-27-9-7-25-11-13-29-33(23,24)30-14-12-26-8-10-28-16-18(4)32-20(22)6-2;/h5-6,17-18H,1-2,7-16H2,3-4H3,(H,23,24);/q;+1/p-1. The monoisotopic (exact) mass is 536 g/mol. The van der Waals surface area contributed by atoms with Crippen LogP contribution in [-0.4, -0.2) is 90.2 Å². The van der Waals surface area contributed by atoms with E-state index in [0.29, 0.717) is 0 Å².